The van der Waals surface area contributed by atoms with Crippen LogP contribution in [0.2, 0.25) is 0 Å². The molecule has 1 saturated heterocycles. The summed E-state index contributed by atoms with van der Waals surface area (Å²) in [4.78, 5) is 28.6. The molecule has 0 bridgehead atoms. The summed E-state index contributed by atoms with van der Waals surface area (Å²) in [6, 6.07) is 16.4. The van der Waals surface area contributed by atoms with Crippen LogP contribution in [-0.4, -0.2) is 37.5 Å². The van der Waals surface area contributed by atoms with Gasteiger partial charge in [-0.1, -0.05) is 24.3 Å². The monoisotopic (exact) mass is 377 g/mol. The van der Waals surface area contributed by atoms with Crippen molar-refractivity contribution in [1.82, 2.24) is 5.32 Å². The summed E-state index contributed by atoms with van der Waals surface area (Å²) >= 11 is 0. The third-order valence-electron chi connectivity index (χ3n) is 5.70. The Labute approximate surface area is 166 Å². The number of nitrogens with zero attached hydrogens (tertiary/aromatic N) is 2. The highest BCUT2D eigenvalue weighted by Crippen LogP contribution is 2.31. The summed E-state index contributed by atoms with van der Waals surface area (Å²) in [6.45, 7) is 4.56. The first-order chi connectivity index (χ1) is 13.6. The van der Waals surface area contributed by atoms with Crippen molar-refractivity contribution >= 4 is 23.2 Å². The average molecular weight is 377 g/mol. The molecule has 0 aliphatic carbocycles. The van der Waals surface area contributed by atoms with E-state index in [4.69, 9.17) is 0 Å². The molecule has 0 radical (unpaired) electrons. The van der Waals surface area contributed by atoms with Crippen molar-refractivity contribution in [3.63, 3.8) is 0 Å². The Balaban J connectivity index is 1.30. The van der Waals surface area contributed by atoms with Gasteiger partial charge in [0.25, 0.3) is 5.91 Å². The van der Waals surface area contributed by atoms with Crippen LogP contribution < -0.4 is 15.1 Å². The summed E-state index contributed by atoms with van der Waals surface area (Å²) < 4.78 is 0. The Hall–Kier alpha value is -2.82. The topological polar surface area (TPSA) is 52.7 Å². The smallest absolute Gasteiger partial charge is 0.251 e. The number of hydrogen-bond acceptors (Lipinski definition) is 3. The van der Waals surface area contributed by atoms with Gasteiger partial charge in [0.1, 0.15) is 0 Å². The maximum Gasteiger partial charge on any atom is 0.251 e. The minimum atomic E-state index is -0.0802. The quantitative estimate of drug-likeness (QED) is 0.785. The molecule has 0 spiro atoms. The zero-order valence-electron chi connectivity index (χ0n) is 16.4. The predicted octanol–water partition coefficient (Wildman–Crippen LogP) is 3.38. The van der Waals surface area contributed by atoms with Crippen LogP contribution in [0.5, 0.6) is 0 Å². The second kappa shape index (κ2) is 8.05. The Morgan fingerprint density at radius 3 is 2.86 bits per heavy atom. The normalized spacial score (nSPS) is 18.5. The van der Waals surface area contributed by atoms with E-state index in [-0.39, 0.29) is 11.8 Å². The predicted molar refractivity (Wildman–Crippen MR) is 112 cm³/mol. The Bertz CT molecular complexity index is 880. The standard InChI is InChI=1S/C23H27N3O2/c1-17-15-18-7-2-3-10-21(18)25(17)14-6-12-24-23(28)19-8-4-9-20(16-19)26-13-5-11-22(26)27/h2-4,7-10,16-17H,5-6,11-15H2,1H3,(H,24,28). The molecule has 146 valence electrons. The highest BCUT2D eigenvalue weighted by molar-refractivity contribution is 5.99. The summed E-state index contributed by atoms with van der Waals surface area (Å²) in [7, 11) is 0. The van der Waals surface area contributed by atoms with Crippen LogP contribution in [-0.2, 0) is 11.2 Å². The van der Waals surface area contributed by atoms with Gasteiger partial charge in [-0.15, -0.1) is 0 Å². The van der Waals surface area contributed by atoms with E-state index in [0.717, 1.165) is 38.0 Å². The van der Waals surface area contributed by atoms with Crippen LogP contribution in [0.4, 0.5) is 11.4 Å². The minimum absolute atomic E-state index is 0.0802. The van der Waals surface area contributed by atoms with Crippen molar-refractivity contribution in [1.29, 1.82) is 0 Å². The van der Waals surface area contributed by atoms with Gasteiger partial charge in [-0.3, -0.25) is 9.59 Å². The second-order valence-electron chi connectivity index (χ2n) is 7.68. The maximum absolute atomic E-state index is 12.5. The van der Waals surface area contributed by atoms with Gasteiger partial charge in [-0.05, 0) is 56.0 Å². The summed E-state index contributed by atoms with van der Waals surface area (Å²) in [5, 5.41) is 3.02. The van der Waals surface area contributed by atoms with E-state index in [1.807, 2.05) is 18.2 Å². The Kier molecular flexibility index (Phi) is 5.33. The molecular formula is C23H27N3O2. The zero-order valence-corrected chi connectivity index (χ0v) is 16.4. The zero-order chi connectivity index (χ0) is 19.5. The van der Waals surface area contributed by atoms with E-state index in [9.17, 15) is 9.59 Å². The van der Waals surface area contributed by atoms with Crippen LogP contribution >= 0.6 is 0 Å². The number of fused-ring (bicyclic) bond motifs is 1. The molecule has 5 heteroatoms. The van der Waals surface area contributed by atoms with Crippen LogP contribution in [0.1, 0.15) is 42.1 Å². The fraction of sp³-hybridized carbons (Fsp3) is 0.391. The van der Waals surface area contributed by atoms with Crippen molar-refractivity contribution in [2.45, 2.75) is 38.6 Å². The lowest BCUT2D eigenvalue weighted by atomic mass is 10.1. The molecule has 2 aromatic carbocycles. The lowest BCUT2D eigenvalue weighted by Gasteiger charge is -2.25. The molecule has 2 aliphatic rings. The van der Waals surface area contributed by atoms with Crippen molar-refractivity contribution in [2.24, 2.45) is 0 Å². The van der Waals surface area contributed by atoms with Crippen molar-refractivity contribution < 1.29 is 9.59 Å². The SMILES string of the molecule is CC1Cc2ccccc2N1CCCNC(=O)c1cccc(N2CCCC2=O)c1. The van der Waals surface area contributed by atoms with Crippen molar-refractivity contribution in [2.75, 3.05) is 29.4 Å². The fourth-order valence-corrected chi connectivity index (χ4v) is 4.26. The molecule has 1 fully saturated rings. The number of carbonyl (C=O) groups excluding carboxylic acids is 2. The lowest BCUT2D eigenvalue weighted by Crippen LogP contribution is -2.33. The molecule has 1 unspecified atom stereocenters. The molecule has 1 N–H and O–H groups in total. The van der Waals surface area contributed by atoms with E-state index >= 15 is 0 Å². The van der Waals surface area contributed by atoms with Crippen LogP contribution in [0.15, 0.2) is 48.5 Å². The minimum Gasteiger partial charge on any atom is -0.368 e. The van der Waals surface area contributed by atoms with E-state index in [0.29, 0.717) is 24.6 Å². The van der Waals surface area contributed by atoms with Crippen LogP contribution in [0, 0.1) is 0 Å². The lowest BCUT2D eigenvalue weighted by molar-refractivity contribution is -0.117. The van der Waals surface area contributed by atoms with Gasteiger partial charge in [0.2, 0.25) is 5.91 Å². The molecule has 2 aromatic rings. The molecule has 4 rings (SSSR count). The summed E-state index contributed by atoms with van der Waals surface area (Å²) in [5.41, 5.74) is 4.16. The van der Waals surface area contributed by atoms with Gasteiger partial charge >= 0.3 is 0 Å². The molecule has 2 heterocycles. The number of amides is 2. The first kappa shape index (κ1) is 18.5. The largest absolute Gasteiger partial charge is 0.368 e. The van der Waals surface area contributed by atoms with Crippen LogP contribution in [0.3, 0.4) is 0 Å². The molecule has 0 saturated carbocycles. The molecule has 2 aliphatic heterocycles. The van der Waals surface area contributed by atoms with Gasteiger partial charge in [-0.2, -0.15) is 0 Å². The highest BCUT2D eigenvalue weighted by Gasteiger charge is 2.25. The summed E-state index contributed by atoms with van der Waals surface area (Å²) in [5.74, 6) is 0.0564. The Morgan fingerprint density at radius 1 is 1.18 bits per heavy atom. The van der Waals surface area contributed by atoms with Crippen molar-refractivity contribution in [3.05, 3.63) is 59.7 Å². The molecule has 1 atom stereocenters. The Morgan fingerprint density at radius 2 is 2.04 bits per heavy atom. The molecule has 28 heavy (non-hydrogen) atoms. The molecule has 2 amide bonds. The molecule has 0 aromatic heterocycles. The number of nitrogens with one attached hydrogen (secondary N) is 1. The third kappa shape index (κ3) is 3.75. The number of anilines is 2. The number of hydrogen-bond donors (Lipinski definition) is 1. The fourth-order valence-electron chi connectivity index (χ4n) is 4.26. The van der Waals surface area contributed by atoms with Gasteiger partial charge in [0, 0.05) is 49.0 Å². The van der Waals surface area contributed by atoms with Gasteiger partial charge in [-0.25, -0.2) is 0 Å². The highest BCUT2D eigenvalue weighted by atomic mass is 16.2. The van der Waals surface area contributed by atoms with Crippen LogP contribution in [0.25, 0.3) is 0 Å². The van der Waals surface area contributed by atoms with Gasteiger partial charge < -0.3 is 15.1 Å². The number of benzene rings is 2. The third-order valence-corrected chi connectivity index (χ3v) is 5.70. The molecule has 5 nitrogen and oxygen atoms in total. The first-order valence-corrected chi connectivity index (χ1v) is 10.2. The average Bonchev–Trinajstić information content (AvgIpc) is 3.27. The molecular weight excluding hydrogens is 350 g/mol. The maximum atomic E-state index is 12.5. The first-order valence-electron chi connectivity index (χ1n) is 10.2. The van der Waals surface area contributed by atoms with Crippen molar-refractivity contribution in [3.8, 4) is 0 Å². The van der Waals surface area contributed by atoms with Gasteiger partial charge in [0.15, 0.2) is 0 Å². The van der Waals surface area contributed by atoms with E-state index in [2.05, 4.69) is 41.4 Å². The van der Waals surface area contributed by atoms with E-state index in [1.165, 1.54) is 11.3 Å². The van der Waals surface area contributed by atoms with Gasteiger partial charge in [0.05, 0.1) is 0 Å². The number of para-hydroxylation sites is 1. The number of carbonyl (C=O) groups is 2. The van der Waals surface area contributed by atoms with E-state index < -0.39 is 0 Å². The number of rotatable bonds is 6. The summed E-state index contributed by atoms with van der Waals surface area (Å²) in [6.07, 6.45) is 3.46. The van der Waals surface area contributed by atoms with E-state index in [1.54, 1.807) is 11.0 Å². The second-order valence-corrected chi connectivity index (χ2v) is 7.68.